The molecule has 0 spiro atoms. The van der Waals surface area contributed by atoms with Crippen molar-refractivity contribution in [3.63, 3.8) is 0 Å². The molecule has 37 heavy (non-hydrogen) atoms. The van der Waals surface area contributed by atoms with Crippen LogP contribution in [0.3, 0.4) is 0 Å². The van der Waals surface area contributed by atoms with Gasteiger partial charge in [-0.25, -0.2) is 22.8 Å². The van der Waals surface area contributed by atoms with Crippen LogP contribution < -0.4 is 5.73 Å². The number of nitrogens with two attached hydrogens (primary N) is 1. The van der Waals surface area contributed by atoms with E-state index in [9.17, 15) is 12.8 Å². The summed E-state index contributed by atoms with van der Waals surface area (Å²) < 4.78 is 43.5. The number of nitrogens with zero attached hydrogens (tertiary/aromatic N) is 4. The van der Waals surface area contributed by atoms with E-state index >= 15 is 0 Å². The zero-order valence-electron chi connectivity index (χ0n) is 20.6. The van der Waals surface area contributed by atoms with E-state index in [0.29, 0.717) is 43.0 Å². The number of nitrogens with one attached hydrogen (secondary N) is 1. The summed E-state index contributed by atoms with van der Waals surface area (Å²) in [5.74, 6) is 0.626. The number of aromatic nitrogens is 4. The van der Waals surface area contributed by atoms with E-state index in [0.717, 1.165) is 35.3 Å². The van der Waals surface area contributed by atoms with Gasteiger partial charge in [0.15, 0.2) is 0 Å². The highest BCUT2D eigenvalue weighted by Crippen LogP contribution is 2.35. The monoisotopic (exact) mass is 520 g/mol. The van der Waals surface area contributed by atoms with Crippen molar-refractivity contribution in [2.24, 2.45) is 0 Å². The number of H-pyrrole nitrogens is 1. The molecule has 4 aromatic rings. The Morgan fingerprint density at radius 2 is 2.08 bits per heavy atom. The molecule has 1 atom stereocenters. The van der Waals surface area contributed by atoms with Gasteiger partial charge in [-0.2, -0.15) is 4.31 Å². The van der Waals surface area contributed by atoms with Crippen molar-refractivity contribution in [2.45, 2.75) is 37.0 Å². The summed E-state index contributed by atoms with van der Waals surface area (Å²) >= 11 is 0. The molecule has 4 heterocycles. The van der Waals surface area contributed by atoms with Crippen LogP contribution in [0.2, 0.25) is 0 Å². The van der Waals surface area contributed by atoms with Crippen molar-refractivity contribution in [3.05, 3.63) is 84.4 Å². The van der Waals surface area contributed by atoms with Crippen LogP contribution >= 0.6 is 0 Å². The van der Waals surface area contributed by atoms with Gasteiger partial charge in [-0.1, -0.05) is 30.9 Å². The summed E-state index contributed by atoms with van der Waals surface area (Å²) in [5.41, 5.74) is 10.6. The van der Waals surface area contributed by atoms with Gasteiger partial charge < -0.3 is 10.7 Å². The van der Waals surface area contributed by atoms with E-state index in [1.165, 1.54) is 22.5 Å². The molecule has 0 aliphatic carbocycles. The van der Waals surface area contributed by atoms with Crippen molar-refractivity contribution in [3.8, 4) is 11.4 Å². The van der Waals surface area contributed by atoms with Crippen LogP contribution in [0.5, 0.6) is 0 Å². The average molecular weight is 521 g/mol. The number of hydrogen-bond acceptors (Lipinski definition) is 5. The number of aromatic amines is 1. The lowest BCUT2D eigenvalue weighted by atomic mass is 10.00. The normalized spacial score (nSPS) is 17.4. The van der Waals surface area contributed by atoms with E-state index in [2.05, 4.69) is 16.5 Å². The fourth-order valence-electron chi connectivity index (χ4n) is 4.95. The van der Waals surface area contributed by atoms with Gasteiger partial charge in [-0.15, -0.1) is 0 Å². The number of anilines is 1. The summed E-state index contributed by atoms with van der Waals surface area (Å²) in [4.78, 5) is 12.7. The lowest BCUT2D eigenvalue weighted by Gasteiger charge is -2.20. The molecule has 1 aliphatic heterocycles. The zero-order valence-corrected chi connectivity index (χ0v) is 21.4. The second-order valence-electron chi connectivity index (χ2n) is 9.20. The minimum Gasteiger partial charge on any atom is -0.382 e. The van der Waals surface area contributed by atoms with E-state index < -0.39 is 15.8 Å². The van der Waals surface area contributed by atoms with Gasteiger partial charge in [0, 0.05) is 37.1 Å². The first kappa shape index (κ1) is 24.9. The fraction of sp³-hybridized carbons (Fsp3) is 0.259. The van der Waals surface area contributed by atoms with Crippen molar-refractivity contribution >= 4 is 27.4 Å². The smallest absolute Gasteiger partial charge is 0.243 e. The van der Waals surface area contributed by atoms with E-state index in [1.807, 2.05) is 35.7 Å². The highest BCUT2D eigenvalue weighted by atomic mass is 32.2. The predicted octanol–water partition coefficient (Wildman–Crippen LogP) is 4.91. The molecule has 1 fully saturated rings. The standard InChI is InChI=1S/C27H29FN6O2S/c1-3-4-7-20-16-23(31-18(20)2)24-25-26(29)30-12-15-34(25)27(32-24)19-8-6-13-33(14-11-19)37(35,36)22-10-5-9-21(28)17-22/h3-5,7,9-10,12,15-17,19,31H,1,6,8,11,13-14H2,2H3,(H2,29,30)/b7-4-. The highest BCUT2D eigenvalue weighted by molar-refractivity contribution is 7.89. The molecule has 1 saturated heterocycles. The molecule has 3 N–H and O–H groups in total. The van der Waals surface area contributed by atoms with Crippen LogP contribution in [0.4, 0.5) is 10.2 Å². The average Bonchev–Trinajstić information content (AvgIpc) is 3.34. The molecule has 192 valence electrons. The number of benzene rings is 1. The first-order valence-electron chi connectivity index (χ1n) is 12.2. The van der Waals surface area contributed by atoms with E-state index in [-0.39, 0.29) is 10.8 Å². The predicted molar refractivity (Wildman–Crippen MR) is 143 cm³/mol. The maximum Gasteiger partial charge on any atom is 0.243 e. The Morgan fingerprint density at radius 3 is 2.86 bits per heavy atom. The Balaban J connectivity index is 1.49. The Hall–Kier alpha value is -3.76. The molecule has 0 amide bonds. The summed E-state index contributed by atoms with van der Waals surface area (Å²) in [6.45, 7) is 6.40. The van der Waals surface area contributed by atoms with Crippen molar-refractivity contribution in [1.29, 1.82) is 0 Å². The zero-order chi connectivity index (χ0) is 26.2. The minimum atomic E-state index is -3.79. The number of halogens is 1. The van der Waals surface area contributed by atoms with Crippen LogP contribution in [0.1, 0.15) is 42.3 Å². The van der Waals surface area contributed by atoms with Crippen LogP contribution in [0.15, 0.2) is 66.4 Å². The molecular weight excluding hydrogens is 491 g/mol. The van der Waals surface area contributed by atoms with Gasteiger partial charge in [0.2, 0.25) is 10.0 Å². The van der Waals surface area contributed by atoms with Gasteiger partial charge in [0.05, 0.1) is 10.6 Å². The Labute approximate surface area is 215 Å². The Bertz CT molecular complexity index is 1600. The van der Waals surface area contributed by atoms with Crippen molar-refractivity contribution < 1.29 is 12.8 Å². The Kier molecular flexibility index (Phi) is 6.70. The van der Waals surface area contributed by atoms with Gasteiger partial charge in [0.25, 0.3) is 0 Å². The van der Waals surface area contributed by atoms with Gasteiger partial charge in [0.1, 0.15) is 28.7 Å². The summed E-state index contributed by atoms with van der Waals surface area (Å²) in [7, 11) is -3.79. The van der Waals surface area contributed by atoms with Crippen LogP contribution in [-0.4, -0.2) is 45.2 Å². The summed E-state index contributed by atoms with van der Waals surface area (Å²) in [6, 6.07) is 7.18. The number of rotatable bonds is 6. The molecule has 0 radical (unpaired) electrons. The molecule has 0 bridgehead atoms. The van der Waals surface area contributed by atoms with E-state index in [4.69, 9.17) is 10.7 Å². The molecule has 3 aromatic heterocycles. The van der Waals surface area contributed by atoms with Crippen molar-refractivity contribution in [1.82, 2.24) is 23.7 Å². The van der Waals surface area contributed by atoms with Crippen molar-refractivity contribution in [2.75, 3.05) is 18.8 Å². The lowest BCUT2D eigenvalue weighted by molar-refractivity contribution is 0.420. The minimum absolute atomic E-state index is 0.00644. The molecule has 8 nitrogen and oxygen atoms in total. The van der Waals surface area contributed by atoms with Crippen LogP contribution in [0, 0.1) is 12.7 Å². The van der Waals surface area contributed by atoms with Gasteiger partial charge in [-0.3, -0.25) is 4.40 Å². The third-order valence-corrected chi connectivity index (χ3v) is 8.71. The molecule has 1 unspecified atom stereocenters. The number of nitrogen functional groups attached to an aromatic ring is 1. The molecule has 5 rings (SSSR count). The van der Waals surface area contributed by atoms with Crippen LogP contribution in [-0.2, 0) is 10.0 Å². The number of imidazole rings is 1. The maximum atomic E-state index is 13.7. The second-order valence-corrected chi connectivity index (χ2v) is 11.1. The lowest BCUT2D eigenvalue weighted by Crippen LogP contribution is -2.32. The molecular formula is C27H29FN6O2S. The molecule has 1 aliphatic rings. The number of fused-ring (bicyclic) bond motifs is 1. The number of hydrogen-bond donors (Lipinski definition) is 2. The van der Waals surface area contributed by atoms with Crippen LogP contribution in [0.25, 0.3) is 23.0 Å². The van der Waals surface area contributed by atoms with E-state index in [1.54, 1.807) is 12.3 Å². The maximum absolute atomic E-state index is 13.7. The molecule has 10 heteroatoms. The topological polar surface area (TPSA) is 109 Å². The highest BCUT2D eigenvalue weighted by Gasteiger charge is 2.31. The van der Waals surface area contributed by atoms with Gasteiger partial charge in [-0.05, 0) is 56.0 Å². The number of sulfonamides is 1. The first-order chi connectivity index (χ1) is 17.8. The SMILES string of the molecule is C=C/C=C\c1cc(-c2nc(C3CCCN(S(=O)(=O)c4cccc(F)c4)CC3)n3ccnc(N)c23)[nH]c1C. The Morgan fingerprint density at radius 1 is 1.24 bits per heavy atom. The largest absolute Gasteiger partial charge is 0.382 e. The third kappa shape index (κ3) is 4.70. The molecule has 1 aromatic carbocycles. The first-order valence-corrected chi connectivity index (χ1v) is 13.6. The second kappa shape index (κ2) is 9.95. The van der Waals surface area contributed by atoms with Gasteiger partial charge >= 0.3 is 0 Å². The number of aryl methyl sites for hydroxylation is 1. The fourth-order valence-corrected chi connectivity index (χ4v) is 6.48. The quantitative estimate of drug-likeness (QED) is 0.351. The molecule has 0 saturated carbocycles. The third-order valence-electron chi connectivity index (χ3n) is 6.82. The summed E-state index contributed by atoms with van der Waals surface area (Å²) in [6.07, 6.45) is 11.1. The summed E-state index contributed by atoms with van der Waals surface area (Å²) in [5, 5.41) is 0. The number of allylic oxidation sites excluding steroid dienone is 2.